The van der Waals surface area contributed by atoms with E-state index in [9.17, 15) is 0 Å². The Balaban J connectivity index is 2.05. The zero-order valence-corrected chi connectivity index (χ0v) is 9.47. The monoisotopic (exact) mass is 209 g/mol. The number of hydrogen-bond donors (Lipinski definition) is 2. The third-order valence-corrected chi connectivity index (χ3v) is 2.91. The molecule has 1 aromatic rings. The predicted molar refractivity (Wildman–Crippen MR) is 58.5 cm³/mol. The van der Waals surface area contributed by atoms with Crippen LogP contribution in [-0.4, -0.2) is 23.1 Å². The van der Waals surface area contributed by atoms with Crippen LogP contribution in [0.2, 0.25) is 0 Å². The first-order chi connectivity index (χ1) is 7.24. The largest absolute Gasteiger partial charge is 0.367 e. The van der Waals surface area contributed by atoms with Crippen molar-refractivity contribution < 1.29 is 4.74 Å². The van der Waals surface area contributed by atoms with Crippen LogP contribution >= 0.6 is 0 Å². The highest BCUT2D eigenvalue weighted by atomic mass is 16.5. The number of nitrogens with one attached hydrogen (secondary N) is 2. The van der Waals surface area contributed by atoms with Gasteiger partial charge in [0.15, 0.2) is 0 Å². The molecule has 2 rings (SSSR count). The first kappa shape index (κ1) is 10.6. The summed E-state index contributed by atoms with van der Waals surface area (Å²) in [6, 6.07) is 0. The van der Waals surface area contributed by atoms with Crippen molar-refractivity contribution in [2.45, 2.75) is 38.8 Å². The molecule has 0 aliphatic carbocycles. The molecule has 1 saturated heterocycles. The number of hydrogen-bond acceptors (Lipinski definition) is 3. The number of ether oxygens (including phenoxy) is 1. The van der Waals surface area contributed by atoms with Crippen LogP contribution in [0.5, 0.6) is 0 Å². The van der Waals surface area contributed by atoms with Crippen molar-refractivity contribution in [1.29, 1.82) is 0 Å². The number of imidazole rings is 1. The highest BCUT2D eigenvalue weighted by molar-refractivity contribution is 5.09. The van der Waals surface area contributed by atoms with Gasteiger partial charge in [-0.3, -0.25) is 0 Å². The van der Waals surface area contributed by atoms with Crippen molar-refractivity contribution in [2.75, 3.05) is 13.2 Å². The van der Waals surface area contributed by atoms with Gasteiger partial charge in [-0.1, -0.05) is 6.92 Å². The molecule has 0 aromatic carbocycles. The minimum absolute atomic E-state index is 0.190. The Morgan fingerprint density at radius 2 is 2.53 bits per heavy atom. The van der Waals surface area contributed by atoms with E-state index in [0.29, 0.717) is 0 Å². The summed E-state index contributed by atoms with van der Waals surface area (Å²) in [4.78, 5) is 7.73. The molecular weight excluding hydrogens is 190 g/mol. The van der Waals surface area contributed by atoms with Gasteiger partial charge in [-0.15, -0.1) is 0 Å². The molecule has 1 fully saturated rings. The van der Waals surface area contributed by atoms with Gasteiger partial charge in [0.2, 0.25) is 0 Å². The van der Waals surface area contributed by atoms with Gasteiger partial charge >= 0.3 is 0 Å². The van der Waals surface area contributed by atoms with Crippen LogP contribution in [-0.2, 0) is 16.9 Å². The molecule has 0 spiro atoms. The lowest BCUT2D eigenvalue weighted by molar-refractivity contribution is 0.00994. The second-order valence-corrected chi connectivity index (χ2v) is 4.22. The molecule has 2 heterocycles. The Bertz CT molecular complexity index is 315. The minimum atomic E-state index is -0.190. The fourth-order valence-corrected chi connectivity index (χ4v) is 1.94. The molecule has 1 aliphatic rings. The second kappa shape index (κ2) is 4.33. The molecule has 4 nitrogen and oxygen atoms in total. The Labute approximate surface area is 90.4 Å². The molecule has 0 saturated carbocycles. The Morgan fingerprint density at radius 3 is 3.20 bits per heavy atom. The molecule has 0 amide bonds. The van der Waals surface area contributed by atoms with E-state index >= 15 is 0 Å². The van der Waals surface area contributed by atoms with Gasteiger partial charge in [-0.2, -0.15) is 0 Å². The molecule has 1 aromatic heterocycles. The average molecular weight is 209 g/mol. The minimum Gasteiger partial charge on any atom is -0.367 e. The summed E-state index contributed by atoms with van der Waals surface area (Å²) in [5.74, 6) is 0.966. The molecular formula is C11H19N3O. The van der Waals surface area contributed by atoms with Gasteiger partial charge in [-0.25, -0.2) is 4.98 Å². The zero-order valence-electron chi connectivity index (χ0n) is 9.47. The van der Waals surface area contributed by atoms with Gasteiger partial charge in [0.1, 0.15) is 11.4 Å². The molecule has 0 radical (unpaired) electrons. The summed E-state index contributed by atoms with van der Waals surface area (Å²) >= 11 is 0. The van der Waals surface area contributed by atoms with Crippen LogP contribution in [0.15, 0.2) is 6.20 Å². The van der Waals surface area contributed by atoms with Crippen molar-refractivity contribution in [3.05, 3.63) is 17.7 Å². The maximum Gasteiger partial charge on any atom is 0.138 e. The van der Waals surface area contributed by atoms with Crippen molar-refractivity contribution in [3.63, 3.8) is 0 Å². The van der Waals surface area contributed by atoms with Gasteiger partial charge in [0.25, 0.3) is 0 Å². The zero-order chi connectivity index (χ0) is 10.7. The topological polar surface area (TPSA) is 49.9 Å². The summed E-state index contributed by atoms with van der Waals surface area (Å²) in [6.07, 6.45) is 4.08. The van der Waals surface area contributed by atoms with Crippen LogP contribution in [0.1, 0.15) is 38.2 Å². The maximum absolute atomic E-state index is 5.73. The summed E-state index contributed by atoms with van der Waals surface area (Å²) in [6.45, 7) is 6.87. The second-order valence-electron chi connectivity index (χ2n) is 4.22. The highest BCUT2D eigenvalue weighted by Gasteiger charge is 2.34. The molecule has 2 N–H and O–H groups in total. The predicted octanol–water partition coefficient (Wildman–Crippen LogP) is 1.54. The van der Waals surface area contributed by atoms with E-state index in [-0.39, 0.29) is 5.60 Å². The van der Waals surface area contributed by atoms with Crippen molar-refractivity contribution in [2.24, 2.45) is 0 Å². The molecule has 1 aliphatic heterocycles. The van der Waals surface area contributed by atoms with Crippen LogP contribution in [0, 0.1) is 0 Å². The summed E-state index contributed by atoms with van der Waals surface area (Å²) in [5, 5.41) is 3.27. The van der Waals surface area contributed by atoms with Gasteiger partial charge in [-0.05, 0) is 26.3 Å². The maximum atomic E-state index is 5.73. The fourth-order valence-electron chi connectivity index (χ4n) is 1.94. The van der Waals surface area contributed by atoms with E-state index in [0.717, 1.165) is 44.1 Å². The SMILES string of the molecule is CCNCc1cnc(C2(C)CCCO2)[nH]1. The van der Waals surface area contributed by atoms with Gasteiger partial charge < -0.3 is 15.0 Å². The third kappa shape index (κ3) is 2.21. The molecule has 15 heavy (non-hydrogen) atoms. The normalized spacial score (nSPS) is 26.0. The van der Waals surface area contributed by atoms with E-state index < -0.39 is 0 Å². The van der Waals surface area contributed by atoms with E-state index in [1.54, 1.807) is 0 Å². The van der Waals surface area contributed by atoms with E-state index in [1.807, 2.05) is 6.20 Å². The fraction of sp³-hybridized carbons (Fsp3) is 0.727. The van der Waals surface area contributed by atoms with Crippen molar-refractivity contribution in [3.8, 4) is 0 Å². The molecule has 1 atom stereocenters. The molecule has 84 valence electrons. The number of aromatic amines is 1. The van der Waals surface area contributed by atoms with E-state index in [2.05, 4.69) is 29.1 Å². The standard InChI is InChI=1S/C11H19N3O/c1-3-12-7-9-8-13-10(14-9)11(2)5-4-6-15-11/h8,12H,3-7H2,1-2H3,(H,13,14). The van der Waals surface area contributed by atoms with Gasteiger partial charge in [0, 0.05) is 25.0 Å². The van der Waals surface area contributed by atoms with E-state index in [1.165, 1.54) is 0 Å². The summed E-state index contributed by atoms with van der Waals surface area (Å²) in [5.41, 5.74) is 0.938. The Kier molecular flexibility index (Phi) is 3.07. The Hall–Kier alpha value is -0.870. The van der Waals surface area contributed by atoms with Crippen molar-refractivity contribution >= 4 is 0 Å². The average Bonchev–Trinajstić information content (AvgIpc) is 2.84. The lowest BCUT2D eigenvalue weighted by Gasteiger charge is -2.19. The molecule has 4 heteroatoms. The first-order valence-corrected chi connectivity index (χ1v) is 5.63. The number of rotatable bonds is 4. The number of nitrogens with zero attached hydrogens (tertiary/aromatic N) is 1. The van der Waals surface area contributed by atoms with Crippen LogP contribution in [0.25, 0.3) is 0 Å². The number of aromatic nitrogens is 2. The summed E-state index contributed by atoms with van der Waals surface area (Å²) < 4.78 is 5.73. The Morgan fingerprint density at radius 1 is 1.67 bits per heavy atom. The molecule has 0 bridgehead atoms. The van der Waals surface area contributed by atoms with E-state index in [4.69, 9.17) is 4.74 Å². The van der Waals surface area contributed by atoms with Crippen LogP contribution in [0.4, 0.5) is 0 Å². The highest BCUT2D eigenvalue weighted by Crippen LogP contribution is 2.33. The number of H-pyrrole nitrogens is 1. The third-order valence-electron chi connectivity index (χ3n) is 2.91. The lowest BCUT2D eigenvalue weighted by atomic mass is 10.0. The molecule has 1 unspecified atom stereocenters. The summed E-state index contributed by atoms with van der Waals surface area (Å²) in [7, 11) is 0. The lowest BCUT2D eigenvalue weighted by Crippen LogP contribution is -2.22. The quantitative estimate of drug-likeness (QED) is 0.791. The first-order valence-electron chi connectivity index (χ1n) is 5.63. The van der Waals surface area contributed by atoms with Crippen LogP contribution in [0.3, 0.4) is 0 Å². The smallest absolute Gasteiger partial charge is 0.138 e. The van der Waals surface area contributed by atoms with Crippen molar-refractivity contribution in [1.82, 2.24) is 15.3 Å². The van der Waals surface area contributed by atoms with Crippen LogP contribution < -0.4 is 5.32 Å². The van der Waals surface area contributed by atoms with Gasteiger partial charge in [0.05, 0.1) is 0 Å².